The number of benzene rings is 3. The van der Waals surface area contributed by atoms with Crippen LogP contribution in [0, 0.1) is 0 Å². The van der Waals surface area contributed by atoms with Crippen molar-refractivity contribution in [2.75, 3.05) is 47.8 Å². The maximum absolute atomic E-state index is 13.1. The summed E-state index contributed by atoms with van der Waals surface area (Å²) < 4.78 is 23.7. The molecule has 39 heavy (non-hydrogen) atoms. The third-order valence-corrected chi connectivity index (χ3v) is 7.28. The first-order valence-corrected chi connectivity index (χ1v) is 13.5. The van der Waals surface area contributed by atoms with Gasteiger partial charge in [-0.2, -0.15) is 0 Å². The Bertz CT molecular complexity index is 1300. The summed E-state index contributed by atoms with van der Waals surface area (Å²) >= 11 is 6.08. The van der Waals surface area contributed by atoms with Crippen LogP contribution in [-0.2, 0) is 30.8 Å². The molecule has 0 aromatic heterocycles. The number of ether oxygens (including phenoxy) is 4. The van der Waals surface area contributed by atoms with Gasteiger partial charge < -0.3 is 28.7 Å². The molecule has 1 aliphatic rings. The minimum atomic E-state index is -0.307. The van der Waals surface area contributed by atoms with E-state index in [0.717, 1.165) is 34.5 Å². The van der Waals surface area contributed by atoms with Crippen LogP contribution in [0.2, 0.25) is 0 Å². The molecule has 208 valence electrons. The monoisotopic (exact) mass is 552 g/mol. The molecule has 0 N–H and O–H groups in total. The zero-order valence-corrected chi connectivity index (χ0v) is 24.1. The molecule has 0 saturated carbocycles. The molecule has 0 saturated heterocycles. The van der Waals surface area contributed by atoms with Crippen molar-refractivity contribution >= 4 is 17.5 Å². The molecule has 1 amide bonds. The van der Waals surface area contributed by atoms with Crippen molar-refractivity contribution in [3.05, 3.63) is 82.4 Å². The van der Waals surface area contributed by atoms with E-state index in [1.54, 1.807) is 21.3 Å². The highest BCUT2D eigenvalue weighted by Crippen LogP contribution is 2.49. The van der Waals surface area contributed by atoms with Crippen LogP contribution in [0.15, 0.2) is 54.6 Å². The topological polar surface area (TPSA) is 60.5 Å². The Balaban J connectivity index is 1.82. The number of fused-ring (bicyclic) bond motifs is 1. The van der Waals surface area contributed by atoms with Gasteiger partial charge in [-0.3, -0.25) is 4.79 Å². The maximum atomic E-state index is 13.1. The number of rotatable bonds is 11. The third kappa shape index (κ3) is 6.43. The Morgan fingerprint density at radius 2 is 1.74 bits per heavy atom. The van der Waals surface area contributed by atoms with Gasteiger partial charge in [0.25, 0.3) is 0 Å². The van der Waals surface area contributed by atoms with E-state index in [0.29, 0.717) is 43.2 Å². The Hall–Kier alpha value is -3.42. The van der Waals surface area contributed by atoms with Crippen molar-refractivity contribution in [3.63, 3.8) is 0 Å². The molecular formula is C31H37ClN2O5. The van der Waals surface area contributed by atoms with E-state index in [1.165, 1.54) is 5.56 Å². The van der Waals surface area contributed by atoms with Gasteiger partial charge in [0.2, 0.25) is 11.7 Å². The second kappa shape index (κ2) is 13.1. The molecule has 7 nitrogen and oxygen atoms in total. The van der Waals surface area contributed by atoms with Crippen LogP contribution < -0.4 is 18.9 Å². The number of halogens is 1. The fraction of sp³-hybridized carbons (Fsp3) is 0.387. The van der Waals surface area contributed by atoms with Crippen molar-refractivity contribution in [2.45, 2.75) is 32.0 Å². The second-order valence-electron chi connectivity index (χ2n) is 9.85. The first-order valence-electron chi connectivity index (χ1n) is 13.0. The number of hydrogen-bond donors (Lipinski definition) is 0. The summed E-state index contributed by atoms with van der Waals surface area (Å²) in [6.07, 6.45) is 1.22. The van der Waals surface area contributed by atoms with E-state index in [9.17, 15) is 4.79 Å². The molecule has 0 fully saturated rings. The Labute approximate surface area is 236 Å². The highest BCUT2D eigenvalue weighted by Gasteiger charge is 2.36. The summed E-state index contributed by atoms with van der Waals surface area (Å²) in [6, 6.07) is 17.8. The fourth-order valence-corrected chi connectivity index (χ4v) is 5.40. The SMILES string of the molecule is COc1cccc(CC2c3c(cc(OC)c(OC)c3OCc3ccccc3CN(C)C)CCN2C(=O)CCl)c1. The predicted molar refractivity (Wildman–Crippen MR) is 153 cm³/mol. The van der Waals surface area contributed by atoms with Crippen LogP contribution in [0.4, 0.5) is 0 Å². The number of hydrogen-bond acceptors (Lipinski definition) is 6. The molecule has 8 heteroatoms. The van der Waals surface area contributed by atoms with E-state index >= 15 is 0 Å². The van der Waals surface area contributed by atoms with Crippen LogP contribution in [-0.4, -0.2) is 63.6 Å². The zero-order chi connectivity index (χ0) is 27.9. The lowest BCUT2D eigenvalue weighted by Crippen LogP contribution is -2.42. The van der Waals surface area contributed by atoms with E-state index in [1.807, 2.05) is 61.5 Å². The molecule has 3 aromatic rings. The van der Waals surface area contributed by atoms with Crippen LogP contribution in [0.25, 0.3) is 0 Å². The molecule has 1 unspecified atom stereocenters. The van der Waals surface area contributed by atoms with E-state index < -0.39 is 0 Å². The van der Waals surface area contributed by atoms with Crippen molar-refractivity contribution in [2.24, 2.45) is 0 Å². The van der Waals surface area contributed by atoms with Gasteiger partial charge >= 0.3 is 0 Å². The van der Waals surface area contributed by atoms with Crippen LogP contribution in [0.3, 0.4) is 0 Å². The summed E-state index contributed by atoms with van der Waals surface area (Å²) in [4.78, 5) is 17.1. The van der Waals surface area contributed by atoms with E-state index in [-0.39, 0.29) is 17.8 Å². The molecule has 0 radical (unpaired) electrons. The van der Waals surface area contributed by atoms with Crippen LogP contribution in [0.5, 0.6) is 23.0 Å². The molecule has 0 bridgehead atoms. The zero-order valence-electron chi connectivity index (χ0n) is 23.3. The maximum Gasteiger partial charge on any atom is 0.238 e. The lowest BCUT2D eigenvalue weighted by Gasteiger charge is -2.39. The summed E-state index contributed by atoms with van der Waals surface area (Å²) in [5.74, 6) is 2.26. The van der Waals surface area contributed by atoms with Gasteiger partial charge in [-0.1, -0.05) is 36.4 Å². The van der Waals surface area contributed by atoms with E-state index in [2.05, 4.69) is 17.0 Å². The minimum absolute atomic E-state index is 0.0919. The Morgan fingerprint density at radius 1 is 0.974 bits per heavy atom. The normalized spacial score (nSPS) is 14.6. The molecule has 0 aliphatic carbocycles. The number of nitrogens with zero attached hydrogens (tertiary/aromatic N) is 2. The summed E-state index contributed by atoms with van der Waals surface area (Å²) in [7, 11) is 8.98. The number of amides is 1. The average Bonchev–Trinajstić information content (AvgIpc) is 2.95. The third-order valence-electron chi connectivity index (χ3n) is 7.06. The van der Waals surface area contributed by atoms with Crippen molar-refractivity contribution < 1.29 is 23.7 Å². The highest BCUT2D eigenvalue weighted by molar-refractivity contribution is 6.27. The highest BCUT2D eigenvalue weighted by atomic mass is 35.5. The molecular weight excluding hydrogens is 516 g/mol. The molecule has 1 atom stereocenters. The van der Waals surface area contributed by atoms with Gasteiger partial charge in [0.05, 0.1) is 27.4 Å². The van der Waals surface area contributed by atoms with Crippen LogP contribution >= 0.6 is 11.6 Å². The number of carbonyl (C=O) groups is 1. The lowest BCUT2D eigenvalue weighted by atomic mass is 9.87. The number of alkyl halides is 1. The molecule has 1 aliphatic heterocycles. The van der Waals surface area contributed by atoms with Gasteiger partial charge in [-0.15, -0.1) is 11.6 Å². The van der Waals surface area contributed by atoms with E-state index in [4.69, 9.17) is 30.5 Å². The van der Waals surface area contributed by atoms with Gasteiger partial charge in [0.1, 0.15) is 18.2 Å². The Morgan fingerprint density at radius 3 is 2.41 bits per heavy atom. The van der Waals surface area contributed by atoms with Crippen molar-refractivity contribution in [1.29, 1.82) is 0 Å². The summed E-state index contributed by atoms with van der Waals surface area (Å²) in [6.45, 7) is 1.69. The first kappa shape index (κ1) is 28.6. The average molecular weight is 553 g/mol. The molecule has 4 rings (SSSR count). The fourth-order valence-electron chi connectivity index (χ4n) is 5.25. The van der Waals surface area contributed by atoms with Gasteiger partial charge in [-0.25, -0.2) is 0 Å². The van der Waals surface area contributed by atoms with Crippen LogP contribution in [0.1, 0.15) is 33.9 Å². The van der Waals surface area contributed by atoms with Crippen molar-refractivity contribution in [1.82, 2.24) is 9.80 Å². The minimum Gasteiger partial charge on any atom is -0.497 e. The van der Waals surface area contributed by atoms with Gasteiger partial charge in [-0.05, 0) is 67.4 Å². The Kier molecular flexibility index (Phi) is 9.59. The first-order chi connectivity index (χ1) is 18.9. The van der Waals surface area contributed by atoms with Crippen molar-refractivity contribution in [3.8, 4) is 23.0 Å². The second-order valence-corrected chi connectivity index (χ2v) is 10.1. The van der Waals surface area contributed by atoms with Gasteiger partial charge in [0.15, 0.2) is 11.5 Å². The molecule has 1 heterocycles. The molecule has 0 spiro atoms. The predicted octanol–water partition coefficient (Wildman–Crippen LogP) is 5.26. The van der Waals surface area contributed by atoms with Gasteiger partial charge in [0, 0.05) is 18.7 Å². The smallest absolute Gasteiger partial charge is 0.238 e. The summed E-state index contributed by atoms with van der Waals surface area (Å²) in [5, 5.41) is 0. The quantitative estimate of drug-likeness (QED) is 0.302. The number of methoxy groups -OCH3 is 3. The lowest BCUT2D eigenvalue weighted by molar-refractivity contribution is -0.131. The number of carbonyl (C=O) groups excluding carboxylic acids is 1. The largest absolute Gasteiger partial charge is 0.497 e. The summed E-state index contributed by atoms with van der Waals surface area (Å²) in [5.41, 5.74) is 5.29. The molecule has 3 aromatic carbocycles. The standard InChI is InChI=1S/C31H37ClN2O5/c1-33(2)19-23-10-6-7-11-24(23)20-39-31-29-22(17-27(37-4)30(31)38-5)13-14-34(28(35)18-32)26(29)16-21-9-8-12-25(15-21)36-3/h6-12,15,17,26H,13-14,16,18-20H2,1-5H3.